The van der Waals surface area contributed by atoms with E-state index >= 15 is 0 Å². The van der Waals surface area contributed by atoms with E-state index in [9.17, 15) is 12.8 Å². The first kappa shape index (κ1) is 15.0. The Bertz CT molecular complexity index is 776. The topological polar surface area (TPSA) is 82.3 Å². The Morgan fingerprint density at radius 1 is 1.43 bits per heavy atom. The van der Waals surface area contributed by atoms with Crippen molar-refractivity contribution in [3.05, 3.63) is 30.2 Å². The lowest BCUT2D eigenvalue weighted by atomic mass is 10.1. The zero-order chi connectivity index (χ0) is 15.3. The van der Waals surface area contributed by atoms with Crippen LogP contribution in [0.4, 0.5) is 4.39 Å². The van der Waals surface area contributed by atoms with Gasteiger partial charge >= 0.3 is 0 Å². The molecule has 1 aromatic carbocycles. The van der Waals surface area contributed by atoms with Crippen LogP contribution in [0.2, 0.25) is 0 Å². The standard InChI is InChI=1S/C13H11FN2O4S/c1-21(17,18)12-4-3-10(8-19-6-2-5-14)7-11(12)13-16-15-9-20-13/h3-4,7,9H,5,8H2,1H3. The number of ether oxygens (including phenoxy) is 1. The molecule has 0 atom stereocenters. The molecule has 110 valence electrons. The van der Waals surface area contributed by atoms with Crippen molar-refractivity contribution in [1.82, 2.24) is 10.2 Å². The van der Waals surface area contributed by atoms with Crippen LogP contribution in [0.15, 0.2) is 33.9 Å². The highest BCUT2D eigenvalue weighted by Gasteiger charge is 2.18. The molecule has 1 aromatic heterocycles. The number of aromatic nitrogens is 2. The summed E-state index contributed by atoms with van der Waals surface area (Å²) in [5.41, 5.74) is 0.929. The predicted molar refractivity (Wildman–Crippen MR) is 71.4 cm³/mol. The first-order valence-electron chi connectivity index (χ1n) is 5.77. The summed E-state index contributed by atoms with van der Waals surface area (Å²) in [5.74, 6) is 2.21. The average Bonchev–Trinajstić information content (AvgIpc) is 2.96. The number of rotatable bonds is 4. The van der Waals surface area contributed by atoms with Gasteiger partial charge in [-0.2, -0.15) is 0 Å². The average molecular weight is 310 g/mol. The molecule has 0 fully saturated rings. The van der Waals surface area contributed by atoms with Gasteiger partial charge < -0.3 is 9.15 Å². The van der Waals surface area contributed by atoms with E-state index in [2.05, 4.69) is 22.2 Å². The van der Waals surface area contributed by atoms with E-state index in [1.165, 1.54) is 6.07 Å². The zero-order valence-electron chi connectivity index (χ0n) is 11.0. The normalized spacial score (nSPS) is 10.8. The summed E-state index contributed by atoms with van der Waals surface area (Å²) in [5, 5.41) is 7.24. The molecule has 0 aliphatic carbocycles. The van der Waals surface area contributed by atoms with Gasteiger partial charge in [0.1, 0.15) is 12.7 Å². The van der Waals surface area contributed by atoms with E-state index in [0.29, 0.717) is 5.56 Å². The second kappa shape index (κ2) is 6.37. The Kier molecular flexibility index (Phi) is 4.55. The molecule has 0 bridgehead atoms. The summed E-state index contributed by atoms with van der Waals surface area (Å²) >= 11 is 0. The molecular formula is C13H11FN2O4S. The molecule has 0 unspecified atom stereocenters. The van der Waals surface area contributed by atoms with Gasteiger partial charge in [-0.3, -0.25) is 0 Å². The predicted octanol–water partition coefficient (Wildman–Crippen LogP) is 1.59. The lowest BCUT2D eigenvalue weighted by molar-refractivity contribution is 0.264. The first-order valence-corrected chi connectivity index (χ1v) is 7.66. The van der Waals surface area contributed by atoms with Crippen LogP contribution < -0.4 is 0 Å². The van der Waals surface area contributed by atoms with Gasteiger partial charge in [0.15, 0.2) is 16.5 Å². The molecule has 1 heterocycles. The minimum atomic E-state index is -3.45. The first-order chi connectivity index (χ1) is 10.0. The molecule has 6 nitrogen and oxygen atoms in total. The summed E-state index contributed by atoms with van der Waals surface area (Å²) in [6.07, 6.45) is 4.38. The van der Waals surface area contributed by atoms with Crippen molar-refractivity contribution in [2.75, 3.05) is 12.9 Å². The molecule has 8 heteroatoms. The third kappa shape index (κ3) is 3.79. The SMILES string of the molecule is CS(=O)(=O)c1ccc(COC#CCF)cc1-c1nnco1. The number of halogens is 1. The smallest absolute Gasteiger partial charge is 0.248 e. The summed E-state index contributed by atoms with van der Waals surface area (Å²) in [7, 11) is -3.45. The highest BCUT2D eigenvalue weighted by Crippen LogP contribution is 2.27. The largest absolute Gasteiger partial charge is 0.442 e. The Labute approximate surface area is 120 Å². The van der Waals surface area contributed by atoms with Gasteiger partial charge in [-0.1, -0.05) is 6.07 Å². The highest BCUT2D eigenvalue weighted by molar-refractivity contribution is 7.90. The van der Waals surface area contributed by atoms with Crippen LogP contribution in [0, 0.1) is 12.0 Å². The molecule has 0 radical (unpaired) electrons. The van der Waals surface area contributed by atoms with Gasteiger partial charge in [-0.25, -0.2) is 12.8 Å². The van der Waals surface area contributed by atoms with E-state index in [4.69, 9.17) is 9.15 Å². The summed E-state index contributed by atoms with van der Waals surface area (Å²) < 4.78 is 45.3. The van der Waals surface area contributed by atoms with Crippen LogP contribution in [0.3, 0.4) is 0 Å². The Hall–Kier alpha value is -2.40. The van der Waals surface area contributed by atoms with Gasteiger partial charge in [0, 0.05) is 6.26 Å². The lowest BCUT2D eigenvalue weighted by Crippen LogP contribution is -2.01. The van der Waals surface area contributed by atoms with Crippen molar-refractivity contribution >= 4 is 9.84 Å². The van der Waals surface area contributed by atoms with E-state index in [-0.39, 0.29) is 23.0 Å². The fourth-order valence-electron chi connectivity index (χ4n) is 1.65. The molecule has 0 saturated carbocycles. The highest BCUT2D eigenvalue weighted by atomic mass is 32.2. The van der Waals surface area contributed by atoms with Gasteiger partial charge in [0.2, 0.25) is 12.3 Å². The molecule has 0 aliphatic heterocycles. The zero-order valence-corrected chi connectivity index (χ0v) is 11.9. The fraction of sp³-hybridized carbons (Fsp3) is 0.231. The van der Waals surface area contributed by atoms with Crippen LogP contribution in [-0.4, -0.2) is 31.5 Å². The number of hydrogen-bond acceptors (Lipinski definition) is 6. The maximum Gasteiger partial charge on any atom is 0.248 e. The van der Waals surface area contributed by atoms with Crippen molar-refractivity contribution in [3.8, 4) is 23.5 Å². The molecule has 0 aliphatic rings. The Balaban J connectivity index is 2.38. The van der Waals surface area contributed by atoms with Crippen molar-refractivity contribution in [3.63, 3.8) is 0 Å². The quantitative estimate of drug-likeness (QED) is 0.798. The number of hydrogen-bond donors (Lipinski definition) is 0. The summed E-state index contributed by atoms with van der Waals surface area (Å²) in [6.45, 7) is -0.710. The third-order valence-corrected chi connectivity index (χ3v) is 3.64. The maximum atomic E-state index is 11.8. The van der Waals surface area contributed by atoms with E-state index in [0.717, 1.165) is 12.6 Å². The van der Waals surface area contributed by atoms with Gasteiger partial charge in [-0.05, 0) is 23.6 Å². The third-order valence-electron chi connectivity index (χ3n) is 2.48. The molecule has 0 spiro atoms. The molecule has 0 amide bonds. The van der Waals surface area contributed by atoms with Crippen LogP contribution >= 0.6 is 0 Å². The van der Waals surface area contributed by atoms with Gasteiger partial charge in [-0.15, -0.1) is 10.2 Å². The Morgan fingerprint density at radius 3 is 2.86 bits per heavy atom. The molecule has 0 N–H and O–H groups in total. The van der Waals surface area contributed by atoms with E-state index in [1.54, 1.807) is 12.1 Å². The van der Waals surface area contributed by atoms with Crippen molar-refractivity contribution in [2.45, 2.75) is 11.5 Å². The van der Waals surface area contributed by atoms with Crippen LogP contribution in [0.5, 0.6) is 0 Å². The molecular weight excluding hydrogens is 299 g/mol. The second-order valence-corrected chi connectivity index (χ2v) is 6.03. The van der Waals surface area contributed by atoms with E-state index in [1.807, 2.05) is 0 Å². The fourth-order valence-corrected chi connectivity index (χ4v) is 2.51. The van der Waals surface area contributed by atoms with Crippen LogP contribution in [-0.2, 0) is 21.2 Å². The number of benzene rings is 1. The number of alkyl halides is 1. The van der Waals surface area contributed by atoms with Crippen molar-refractivity contribution in [2.24, 2.45) is 0 Å². The summed E-state index contributed by atoms with van der Waals surface area (Å²) in [6, 6.07) is 4.56. The Morgan fingerprint density at radius 2 is 2.24 bits per heavy atom. The van der Waals surface area contributed by atoms with Crippen molar-refractivity contribution in [1.29, 1.82) is 0 Å². The number of nitrogens with zero attached hydrogens (tertiary/aromatic N) is 2. The molecule has 0 saturated heterocycles. The monoisotopic (exact) mass is 310 g/mol. The van der Waals surface area contributed by atoms with E-state index < -0.39 is 16.5 Å². The second-order valence-electron chi connectivity index (χ2n) is 4.05. The molecule has 21 heavy (non-hydrogen) atoms. The molecule has 2 aromatic rings. The minimum Gasteiger partial charge on any atom is -0.442 e. The number of sulfone groups is 1. The van der Waals surface area contributed by atoms with Gasteiger partial charge in [0.25, 0.3) is 0 Å². The van der Waals surface area contributed by atoms with Crippen LogP contribution in [0.1, 0.15) is 5.56 Å². The molecule has 2 rings (SSSR count). The van der Waals surface area contributed by atoms with Gasteiger partial charge in [0.05, 0.1) is 10.5 Å². The minimum absolute atomic E-state index is 0.0744. The van der Waals surface area contributed by atoms with Crippen molar-refractivity contribution < 1.29 is 22.0 Å². The maximum absolute atomic E-state index is 11.8. The lowest BCUT2D eigenvalue weighted by Gasteiger charge is -2.07. The van der Waals surface area contributed by atoms with Crippen LogP contribution in [0.25, 0.3) is 11.5 Å². The summed E-state index contributed by atoms with van der Waals surface area (Å²) in [4.78, 5) is 0.0744.